The number of ether oxygens (including phenoxy) is 1. The van der Waals surface area contributed by atoms with Crippen LogP contribution in [0.1, 0.15) is 37.7 Å². The second-order valence-electron chi connectivity index (χ2n) is 4.19. The van der Waals surface area contributed by atoms with Crippen LogP contribution in [0, 0.1) is 0 Å². The van der Waals surface area contributed by atoms with Gasteiger partial charge in [-0.1, -0.05) is 19.1 Å². The molecule has 0 amide bonds. The summed E-state index contributed by atoms with van der Waals surface area (Å²) in [4.78, 5) is 11.0. The fraction of sp³-hybridized carbons (Fsp3) is 0.462. The summed E-state index contributed by atoms with van der Waals surface area (Å²) in [5.41, 5.74) is 0.827. The third kappa shape index (κ3) is 2.54. The molecule has 0 saturated heterocycles. The van der Waals surface area contributed by atoms with Crippen LogP contribution in [-0.4, -0.2) is 17.2 Å². The first-order valence-electron chi connectivity index (χ1n) is 5.70. The number of carbonyl (C=O) groups is 1. The lowest BCUT2D eigenvalue weighted by Gasteiger charge is -2.12. The van der Waals surface area contributed by atoms with Gasteiger partial charge in [-0.05, 0) is 37.0 Å². The maximum atomic E-state index is 11.0. The highest BCUT2D eigenvalue weighted by molar-refractivity contribution is 5.76. The molecule has 3 nitrogen and oxygen atoms in total. The molecule has 0 bridgehead atoms. The molecule has 1 aliphatic rings. The number of carboxylic acid groups (broad SMARTS) is 1. The Kier molecular flexibility index (Phi) is 3.13. The van der Waals surface area contributed by atoms with Crippen molar-refractivity contribution in [3.8, 4) is 5.75 Å². The molecule has 1 aliphatic carbocycles. The van der Waals surface area contributed by atoms with Crippen molar-refractivity contribution in [2.45, 2.75) is 38.2 Å². The molecule has 0 aliphatic heterocycles. The van der Waals surface area contributed by atoms with Crippen LogP contribution in [0.3, 0.4) is 0 Å². The van der Waals surface area contributed by atoms with Gasteiger partial charge in [0.2, 0.25) is 0 Å². The summed E-state index contributed by atoms with van der Waals surface area (Å²) < 4.78 is 5.65. The number of aliphatic carboxylic acids is 1. The molecular weight excluding hydrogens is 204 g/mol. The third-order valence-electron chi connectivity index (χ3n) is 2.79. The second kappa shape index (κ2) is 4.56. The zero-order valence-electron chi connectivity index (χ0n) is 9.35. The van der Waals surface area contributed by atoms with Crippen LogP contribution in [0.5, 0.6) is 5.75 Å². The van der Waals surface area contributed by atoms with Crippen molar-refractivity contribution in [2.24, 2.45) is 0 Å². The van der Waals surface area contributed by atoms with Crippen LogP contribution in [0.2, 0.25) is 0 Å². The van der Waals surface area contributed by atoms with Gasteiger partial charge in [-0.25, -0.2) is 0 Å². The SMILES string of the molecule is CCC(C(=O)O)c1cccc(OC2CC2)c1. The summed E-state index contributed by atoms with van der Waals surface area (Å²) in [5.74, 6) is -0.409. The van der Waals surface area contributed by atoms with E-state index in [9.17, 15) is 4.79 Å². The minimum absolute atomic E-state index is 0.347. The van der Waals surface area contributed by atoms with Crippen LogP contribution < -0.4 is 4.74 Å². The Morgan fingerprint density at radius 2 is 2.31 bits per heavy atom. The van der Waals surface area contributed by atoms with Gasteiger partial charge in [-0.3, -0.25) is 4.79 Å². The highest BCUT2D eigenvalue weighted by Gasteiger charge is 2.24. The van der Waals surface area contributed by atoms with Gasteiger partial charge in [-0.15, -0.1) is 0 Å². The summed E-state index contributed by atoms with van der Waals surface area (Å²) in [6.07, 6.45) is 3.17. The standard InChI is InChI=1S/C13H16O3/c1-2-12(13(14)15)9-4-3-5-11(8-9)16-10-6-7-10/h3-5,8,10,12H,2,6-7H2,1H3,(H,14,15). The summed E-state index contributed by atoms with van der Waals surface area (Å²) in [6.45, 7) is 1.88. The highest BCUT2D eigenvalue weighted by Crippen LogP contribution is 2.29. The zero-order chi connectivity index (χ0) is 11.5. The quantitative estimate of drug-likeness (QED) is 0.830. The number of hydrogen-bond acceptors (Lipinski definition) is 2. The Balaban J connectivity index is 2.15. The first kappa shape index (κ1) is 11.0. The van der Waals surface area contributed by atoms with E-state index in [1.54, 1.807) is 0 Å². The Morgan fingerprint density at radius 3 is 2.88 bits per heavy atom. The van der Waals surface area contributed by atoms with E-state index in [0.717, 1.165) is 24.2 Å². The summed E-state index contributed by atoms with van der Waals surface area (Å²) >= 11 is 0. The molecule has 86 valence electrons. The predicted molar refractivity (Wildman–Crippen MR) is 60.8 cm³/mol. The summed E-state index contributed by atoms with van der Waals surface area (Å²) in [5, 5.41) is 9.07. The average Bonchev–Trinajstić information content (AvgIpc) is 3.03. The number of hydrogen-bond donors (Lipinski definition) is 1. The molecule has 16 heavy (non-hydrogen) atoms. The molecule has 0 heterocycles. The van der Waals surface area contributed by atoms with E-state index in [-0.39, 0.29) is 0 Å². The van der Waals surface area contributed by atoms with Crippen LogP contribution in [0.15, 0.2) is 24.3 Å². The van der Waals surface area contributed by atoms with Crippen LogP contribution in [0.4, 0.5) is 0 Å². The minimum Gasteiger partial charge on any atom is -0.490 e. The van der Waals surface area contributed by atoms with Crippen molar-refractivity contribution in [2.75, 3.05) is 0 Å². The maximum absolute atomic E-state index is 11.0. The molecule has 1 aromatic rings. The smallest absolute Gasteiger partial charge is 0.310 e. The Labute approximate surface area is 95.0 Å². The van der Waals surface area contributed by atoms with Gasteiger partial charge in [-0.2, -0.15) is 0 Å². The van der Waals surface area contributed by atoms with Crippen LogP contribution in [-0.2, 0) is 4.79 Å². The lowest BCUT2D eigenvalue weighted by Crippen LogP contribution is -2.10. The topological polar surface area (TPSA) is 46.5 Å². The Morgan fingerprint density at radius 1 is 1.56 bits per heavy atom. The summed E-state index contributed by atoms with van der Waals surface area (Å²) in [6, 6.07) is 7.44. The lowest BCUT2D eigenvalue weighted by atomic mass is 9.97. The Hall–Kier alpha value is -1.51. The van der Waals surface area contributed by atoms with Crippen molar-refractivity contribution in [1.29, 1.82) is 0 Å². The molecule has 1 aromatic carbocycles. The van der Waals surface area contributed by atoms with E-state index in [1.165, 1.54) is 0 Å². The Bertz CT molecular complexity index is 383. The van der Waals surface area contributed by atoms with Gasteiger partial charge < -0.3 is 9.84 Å². The van der Waals surface area contributed by atoms with Gasteiger partial charge in [0.1, 0.15) is 5.75 Å². The van der Waals surface area contributed by atoms with E-state index in [4.69, 9.17) is 9.84 Å². The molecule has 1 fully saturated rings. The van der Waals surface area contributed by atoms with Gasteiger partial charge in [0.05, 0.1) is 12.0 Å². The largest absolute Gasteiger partial charge is 0.490 e. The molecular formula is C13H16O3. The lowest BCUT2D eigenvalue weighted by molar-refractivity contribution is -0.138. The third-order valence-corrected chi connectivity index (χ3v) is 2.79. The van der Waals surface area contributed by atoms with Gasteiger partial charge >= 0.3 is 5.97 Å². The number of rotatable bonds is 5. The van der Waals surface area contributed by atoms with E-state index >= 15 is 0 Å². The van der Waals surface area contributed by atoms with E-state index < -0.39 is 11.9 Å². The van der Waals surface area contributed by atoms with Crippen molar-refractivity contribution in [3.63, 3.8) is 0 Å². The van der Waals surface area contributed by atoms with Gasteiger partial charge in [0.15, 0.2) is 0 Å². The fourth-order valence-electron chi connectivity index (χ4n) is 1.74. The first-order chi connectivity index (χ1) is 7.70. The van der Waals surface area contributed by atoms with Crippen LogP contribution in [0.25, 0.3) is 0 Å². The van der Waals surface area contributed by atoms with Crippen LogP contribution >= 0.6 is 0 Å². The predicted octanol–water partition coefficient (Wildman–Crippen LogP) is 2.81. The molecule has 0 radical (unpaired) electrons. The number of benzene rings is 1. The molecule has 1 saturated carbocycles. The molecule has 3 heteroatoms. The summed E-state index contributed by atoms with van der Waals surface area (Å²) in [7, 11) is 0. The van der Waals surface area contributed by atoms with Crippen molar-refractivity contribution in [3.05, 3.63) is 29.8 Å². The van der Waals surface area contributed by atoms with Gasteiger partial charge in [0.25, 0.3) is 0 Å². The van der Waals surface area contributed by atoms with Gasteiger partial charge in [0, 0.05) is 0 Å². The van der Waals surface area contributed by atoms with Crippen molar-refractivity contribution >= 4 is 5.97 Å². The molecule has 1 N–H and O–H groups in total. The maximum Gasteiger partial charge on any atom is 0.310 e. The van der Waals surface area contributed by atoms with Crippen molar-refractivity contribution < 1.29 is 14.6 Å². The highest BCUT2D eigenvalue weighted by atomic mass is 16.5. The second-order valence-corrected chi connectivity index (χ2v) is 4.19. The molecule has 2 rings (SSSR count). The van der Waals surface area contributed by atoms with E-state index in [0.29, 0.717) is 12.5 Å². The minimum atomic E-state index is -0.772. The molecule has 0 aromatic heterocycles. The normalized spacial score (nSPS) is 16.8. The van der Waals surface area contributed by atoms with E-state index in [1.807, 2.05) is 31.2 Å². The first-order valence-corrected chi connectivity index (χ1v) is 5.70. The van der Waals surface area contributed by atoms with E-state index in [2.05, 4.69) is 0 Å². The zero-order valence-corrected chi connectivity index (χ0v) is 9.35. The van der Waals surface area contributed by atoms with Crippen molar-refractivity contribution in [1.82, 2.24) is 0 Å². The molecule has 0 spiro atoms. The molecule has 1 atom stereocenters. The molecule has 1 unspecified atom stereocenters. The fourth-order valence-corrected chi connectivity index (χ4v) is 1.74. The average molecular weight is 220 g/mol. The number of carboxylic acids is 1. The monoisotopic (exact) mass is 220 g/mol.